The van der Waals surface area contributed by atoms with Gasteiger partial charge >= 0.3 is 0 Å². The molecule has 0 saturated carbocycles. The molecule has 0 radical (unpaired) electrons. The highest BCUT2D eigenvalue weighted by Crippen LogP contribution is 2.22. The molecule has 0 fully saturated rings. The number of sulfonamides is 1. The largest absolute Gasteiger partial charge is 0.326 e. The lowest BCUT2D eigenvalue weighted by Gasteiger charge is -2.06. The van der Waals surface area contributed by atoms with E-state index in [1.54, 1.807) is 24.3 Å². The van der Waals surface area contributed by atoms with Crippen LogP contribution in [0.1, 0.15) is 31.2 Å². The Morgan fingerprint density at radius 3 is 2.65 bits per heavy atom. The van der Waals surface area contributed by atoms with Crippen molar-refractivity contribution in [3.8, 4) is 11.3 Å². The first-order chi connectivity index (χ1) is 15.0. The first-order valence-corrected chi connectivity index (χ1v) is 12.2. The average molecular weight is 456 g/mol. The van der Waals surface area contributed by atoms with Crippen molar-refractivity contribution >= 4 is 39.0 Å². The molecule has 2 heterocycles. The SMILES string of the molecule is O=C(CCCCCN=C1NS(=O)(=O)c2ccccc21)Nc1ccc(-c2csnn2)cc1. The molecule has 0 unspecified atom stereocenters. The Labute approximate surface area is 184 Å². The summed E-state index contributed by atoms with van der Waals surface area (Å²) in [5.74, 6) is 0.358. The summed E-state index contributed by atoms with van der Waals surface area (Å²) in [6.45, 7) is 0.501. The molecular formula is C21H21N5O3S2. The molecule has 1 aliphatic heterocycles. The molecule has 160 valence electrons. The zero-order valence-electron chi connectivity index (χ0n) is 16.6. The molecule has 0 saturated heterocycles. The zero-order chi connectivity index (χ0) is 21.7. The fourth-order valence-corrected chi connectivity index (χ4v) is 4.97. The second-order valence-electron chi connectivity index (χ2n) is 7.06. The number of hydrogen-bond acceptors (Lipinski definition) is 7. The molecule has 1 aliphatic rings. The van der Waals surface area contributed by atoms with Crippen LogP contribution in [-0.4, -0.2) is 36.3 Å². The van der Waals surface area contributed by atoms with Gasteiger partial charge < -0.3 is 5.32 Å². The van der Waals surface area contributed by atoms with E-state index in [1.807, 2.05) is 29.6 Å². The summed E-state index contributed by atoms with van der Waals surface area (Å²) in [6, 6.07) is 14.3. The van der Waals surface area contributed by atoms with Crippen LogP contribution in [-0.2, 0) is 14.8 Å². The van der Waals surface area contributed by atoms with Gasteiger partial charge in [0.25, 0.3) is 10.0 Å². The van der Waals surface area contributed by atoms with Gasteiger partial charge in [0, 0.05) is 35.2 Å². The van der Waals surface area contributed by atoms with Gasteiger partial charge in [0.2, 0.25) is 5.91 Å². The summed E-state index contributed by atoms with van der Waals surface area (Å²) in [4.78, 5) is 16.8. The Kier molecular flexibility index (Phi) is 6.38. The monoisotopic (exact) mass is 455 g/mol. The lowest BCUT2D eigenvalue weighted by molar-refractivity contribution is -0.116. The highest BCUT2D eigenvalue weighted by Gasteiger charge is 2.29. The topological polar surface area (TPSA) is 113 Å². The summed E-state index contributed by atoms with van der Waals surface area (Å²) in [6.07, 6.45) is 2.76. The van der Waals surface area contributed by atoms with Gasteiger partial charge in [0.15, 0.2) is 0 Å². The van der Waals surface area contributed by atoms with Gasteiger partial charge in [0.1, 0.15) is 11.5 Å². The number of amidine groups is 1. The van der Waals surface area contributed by atoms with Gasteiger partial charge in [0.05, 0.1) is 4.90 Å². The van der Waals surface area contributed by atoms with E-state index in [2.05, 4.69) is 24.6 Å². The number of carbonyl (C=O) groups excluding carboxylic acids is 1. The maximum atomic E-state index is 12.1. The smallest absolute Gasteiger partial charge is 0.263 e. The molecule has 1 amide bonds. The number of hydrogen-bond donors (Lipinski definition) is 2. The summed E-state index contributed by atoms with van der Waals surface area (Å²) in [5, 5.41) is 8.79. The molecule has 0 atom stereocenters. The number of fused-ring (bicyclic) bond motifs is 1. The Balaban J connectivity index is 1.19. The summed E-state index contributed by atoms with van der Waals surface area (Å²) < 4.78 is 30.5. The fraction of sp³-hybridized carbons (Fsp3) is 0.238. The van der Waals surface area contributed by atoms with E-state index in [4.69, 9.17) is 0 Å². The third kappa shape index (κ3) is 5.15. The number of rotatable bonds is 8. The van der Waals surface area contributed by atoms with Crippen molar-refractivity contribution in [2.45, 2.75) is 30.6 Å². The minimum atomic E-state index is -3.50. The van der Waals surface area contributed by atoms with Crippen LogP contribution in [0.15, 0.2) is 63.8 Å². The first kappa shape index (κ1) is 21.1. The number of benzene rings is 2. The van der Waals surface area contributed by atoms with Crippen LogP contribution in [0.4, 0.5) is 5.69 Å². The van der Waals surface area contributed by atoms with Gasteiger partial charge in [-0.05, 0) is 48.6 Å². The number of anilines is 1. The van der Waals surface area contributed by atoms with E-state index in [0.29, 0.717) is 24.4 Å². The summed E-state index contributed by atoms with van der Waals surface area (Å²) in [7, 11) is -3.50. The number of unbranched alkanes of at least 4 members (excludes halogenated alkanes) is 2. The van der Waals surface area contributed by atoms with Gasteiger partial charge in [-0.3, -0.25) is 14.5 Å². The standard InChI is InChI=1S/C21H21N5O3S2/c27-20(23-16-11-9-15(10-12-16)18-14-30-26-24-18)8-2-1-5-13-22-21-17-6-3-4-7-19(17)31(28,29)25-21/h3-4,6-7,9-12,14H,1-2,5,8,13H2,(H,22,25)(H,23,27). The molecule has 31 heavy (non-hydrogen) atoms. The van der Waals surface area contributed by atoms with Crippen molar-refractivity contribution in [1.29, 1.82) is 0 Å². The van der Waals surface area contributed by atoms with Gasteiger partial charge in [-0.15, -0.1) is 5.10 Å². The van der Waals surface area contributed by atoms with Crippen molar-refractivity contribution in [2.24, 2.45) is 4.99 Å². The second-order valence-corrected chi connectivity index (χ2v) is 9.32. The Hall–Kier alpha value is -3.11. The van der Waals surface area contributed by atoms with Crippen LogP contribution >= 0.6 is 11.5 Å². The molecule has 8 nitrogen and oxygen atoms in total. The minimum absolute atomic E-state index is 0.0353. The fourth-order valence-electron chi connectivity index (χ4n) is 3.25. The Morgan fingerprint density at radius 2 is 1.87 bits per heavy atom. The van der Waals surface area contributed by atoms with E-state index in [0.717, 1.165) is 36.2 Å². The van der Waals surface area contributed by atoms with Crippen LogP contribution in [0.25, 0.3) is 11.3 Å². The van der Waals surface area contributed by atoms with Gasteiger partial charge in [-0.25, -0.2) is 8.42 Å². The van der Waals surface area contributed by atoms with Crippen molar-refractivity contribution in [1.82, 2.24) is 14.3 Å². The van der Waals surface area contributed by atoms with Crippen LogP contribution < -0.4 is 10.0 Å². The van der Waals surface area contributed by atoms with E-state index in [1.165, 1.54) is 11.5 Å². The number of aliphatic imine (C=N–C) groups is 1. The van der Waals surface area contributed by atoms with Crippen LogP contribution in [0.5, 0.6) is 0 Å². The molecular weight excluding hydrogens is 434 g/mol. The predicted octanol–water partition coefficient (Wildman–Crippen LogP) is 3.44. The van der Waals surface area contributed by atoms with Crippen molar-refractivity contribution < 1.29 is 13.2 Å². The number of aromatic nitrogens is 2. The Bertz CT molecular complexity index is 1190. The number of amides is 1. The van der Waals surface area contributed by atoms with Crippen LogP contribution in [0.3, 0.4) is 0 Å². The van der Waals surface area contributed by atoms with Crippen molar-refractivity contribution in [3.05, 3.63) is 59.5 Å². The van der Waals surface area contributed by atoms with E-state index < -0.39 is 10.0 Å². The van der Waals surface area contributed by atoms with Crippen LogP contribution in [0, 0.1) is 0 Å². The Morgan fingerprint density at radius 1 is 1.06 bits per heavy atom. The van der Waals surface area contributed by atoms with E-state index in [-0.39, 0.29) is 10.8 Å². The van der Waals surface area contributed by atoms with Crippen LogP contribution in [0.2, 0.25) is 0 Å². The minimum Gasteiger partial charge on any atom is -0.326 e. The maximum absolute atomic E-state index is 12.1. The number of carbonyl (C=O) groups is 1. The van der Waals surface area contributed by atoms with Gasteiger partial charge in [-0.1, -0.05) is 35.2 Å². The van der Waals surface area contributed by atoms with E-state index in [9.17, 15) is 13.2 Å². The molecule has 4 rings (SSSR count). The summed E-state index contributed by atoms with van der Waals surface area (Å²) in [5.41, 5.74) is 3.13. The van der Waals surface area contributed by atoms with Crippen molar-refractivity contribution in [2.75, 3.05) is 11.9 Å². The van der Waals surface area contributed by atoms with E-state index >= 15 is 0 Å². The average Bonchev–Trinajstić information content (AvgIpc) is 3.38. The number of nitrogens with zero attached hydrogens (tertiary/aromatic N) is 3. The lowest BCUT2D eigenvalue weighted by Crippen LogP contribution is -2.22. The highest BCUT2D eigenvalue weighted by molar-refractivity contribution is 7.90. The molecule has 0 aliphatic carbocycles. The number of nitrogens with one attached hydrogen (secondary N) is 2. The molecule has 2 N–H and O–H groups in total. The molecule has 1 aromatic heterocycles. The highest BCUT2D eigenvalue weighted by atomic mass is 32.2. The first-order valence-electron chi connectivity index (χ1n) is 9.87. The quantitative estimate of drug-likeness (QED) is 0.505. The third-order valence-corrected chi connectivity index (χ3v) is 6.72. The second kappa shape index (κ2) is 9.36. The molecule has 0 spiro atoms. The third-order valence-electron chi connectivity index (χ3n) is 4.82. The zero-order valence-corrected chi connectivity index (χ0v) is 18.2. The lowest BCUT2D eigenvalue weighted by atomic mass is 10.1. The van der Waals surface area contributed by atoms with Crippen molar-refractivity contribution in [3.63, 3.8) is 0 Å². The normalized spacial score (nSPS) is 15.4. The molecule has 2 aromatic carbocycles. The molecule has 3 aromatic rings. The van der Waals surface area contributed by atoms with Gasteiger partial charge in [-0.2, -0.15) is 0 Å². The summed E-state index contributed by atoms with van der Waals surface area (Å²) >= 11 is 1.30. The predicted molar refractivity (Wildman–Crippen MR) is 121 cm³/mol. The molecule has 0 bridgehead atoms. The molecule has 10 heteroatoms. The maximum Gasteiger partial charge on any atom is 0.263 e.